The van der Waals surface area contributed by atoms with E-state index in [0.717, 1.165) is 25.8 Å². The van der Waals surface area contributed by atoms with E-state index < -0.39 is 0 Å². The van der Waals surface area contributed by atoms with Gasteiger partial charge in [0.05, 0.1) is 6.54 Å². The molecule has 5 rings (SSSR count). The van der Waals surface area contributed by atoms with Gasteiger partial charge in [-0.15, -0.1) is 0 Å². The summed E-state index contributed by atoms with van der Waals surface area (Å²) in [4.78, 5) is 17.9. The molecule has 0 aromatic heterocycles. The molecule has 0 aromatic carbocycles. The molecule has 5 heteroatoms. The van der Waals surface area contributed by atoms with Crippen LogP contribution in [-0.4, -0.2) is 34.3 Å². The molecule has 0 aromatic rings. The number of urea groups is 1. The smallest absolute Gasteiger partial charge is 0.318 e. The fraction of sp³-hybridized carbons (Fsp3) is 0.611. The van der Waals surface area contributed by atoms with Crippen molar-refractivity contribution < 1.29 is 4.79 Å². The second-order valence-electron chi connectivity index (χ2n) is 7.49. The number of nitrogens with zero attached hydrogens (tertiary/aromatic N) is 2. The third kappa shape index (κ3) is 1.72. The van der Waals surface area contributed by atoms with Gasteiger partial charge in [-0.2, -0.15) is 0 Å². The first kappa shape index (κ1) is 14.0. The fourth-order valence-corrected chi connectivity index (χ4v) is 6.96. The molecule has 2 atom stereocenters. The predicted octanol–water partition coefficient (Wildman–Crippen LogP) is 3.75. The van der Waals surface area contributed by atoms with Crippen LogP contribution in [0, 0.1) is 5.41 Å². The van der Waals surface area contributed by atoms with Gasteiger partial charge >= 0.3 is 6.03 Å². The van der Waals surface area contributed by atoms with Crippen LogP contribution in [0.5, 0.6) is 0 Å². The Labute approximate surface area is 141 Å². The normalized spacial score (nSPS) is 38.5. The quantitative estimate of drug-likeness (QED) is 0.735. The first-order valence-electron chi connectivity index (χ1n) is 8.75. The minimum Gasteiger partial charge on any atom is -0.335 e. The summed E-state index contributed by atoms with van der Waals surface area (Å²) in [5.74, 6) is 0. The zero-order valence-corrected chi connectivity index (χ0v) is 14.4. The molecule has 1 saturated carbocycles. The third-order valence-corrected chi connectivity index (χ3v) is 8.11. The monoisotopic (exact) mass is 329 g/mol. The summed E-state index contributed by atoms with van der Waals surface area (Å²) in [6, 6.07) is 0.0832. The molecule has 5 aliphatic rings. The summed E-state index contributed by atoms with van der Waals surface area (Å²) < 4.78 is 0. The van der Waals surface area contributed by atoms with Crippen LogP contribution in [-0.2, 0) is 0 Å². The fourth-order valence-electron chi connectivity index (χ4n) is 5.07. The maximum atomic E-state index is 12.1. The van der Waals surface area contributed by atoms with Gasteiger partial charge in [-0.25, -0.2) is 4.79 Å². The Hall–Kier alpha value is -1.36. The Bertz CT molecular complexity index is 682. The highest BCUT2D eigenvalue weighted by atomic mass is 32.2. The summed E-state index contributed by atoms with van der Waals surface area (Å²) in [7, 11) is 1.97. The van der Waals surface area contributed by atoms with Crippen molar-refractivity contribution in [1.29, 1.82) is 0 Å². The number of amides is 2. The van der Waals surface area contributed by atoms with E-state index >= 15 is 0 Å². The first-order valence-corrected chi connectivity index (χ1v) is 9.57. The van der Waals surface area contributed by atoms with Gasteiger partial charge in [0.15, 0.2) is 0 Å². The lowest BCUT2D eigenvalue weighted by Gasteiger charge is -2.44. The van der Waals surface area contributed by atoms with Crippen LogP contribution in [0.25, 0.3) is 0 Å². The Morgan fingerprint density at radius 3 is 3.04 bits per heavy atom. The van der Waals surface area contributed by atoms with Crippen molar-refractivity contribution in [1.82, 2.24) is 15.1 Å². The molecule has 4 aliphatic heterocycles. The van der Waals surface area contributed by atoms with Gasteiger partial charge in [-0.1, -0.05) is 24.3 Å². The molecule has 1 N–H and O–H groups in total. The molecule has 4 nitrogen and oxygen atoms in total. The van der Waals surface area contributed by atoms with Gasteiger partial charge < -0.3 is 15.1 Å². The molecule has 2 spiro atoms. The predicted molar refractivity (Wildman–Crippen MR) is 92.3 cm³/mol. The summed E-state index contributed by atoms with van der Waals surface area (Å²) in [5, 5.41) is 3.07. The van der Waals surface area contributed by atoms with E-state index in [0.29, 0.717) is 0 Å². The molecule has 0 radical (unpaired) electrons. The number of rotatable bonds is 0. The van der Waals surface area contributed by atoms with Crippen LogP contribution in [0.3, 0.4) is 0 Å². The number of allylic oxidation sites excluding steroid dienone is 4. The molecule has 23 heavy (non-hydrogen) atoms. The standard InChI is InChI=1S/C18H23N3OS/c1-20-16(22)19-12-18(20)11-17-8-4-2-6-13(17)10-21-9-5-3-7-14(21)15(17)23-18/h5,9-10H,2-4,6-8,11-12H2,1H3,(H,19,22). The van der Waals surface area contributed by atoms with Gasteiger partial charge in [-0.05, 0) is 44.1 Å². The minimum absolute atomic E-state index is 0.0832. The van der Waals surface area contributed by atoms with Gasteiger partial charge in [0.1, 0.15) is 4.87 Å². The van der Waals surface area contributed by atoms with Gasteiger partial charge in [0.25, 0.3) is 0 Å². The van der Waals surface area contributed by atoms with Crippen LogP contribution in [0.2, 0.25) is 0 Å². The Kier molecular flexibility index (Phi) is 2.80. The number of likely N-dealkylation sites (N-methyl/N-ethyl adjacent to an activating group) is 1. The van der Waals surface area contributed by atoms with E-state index in [9.17, 15) is 4.79 Å². The third-order valence-electron chi connectivity index (χ3n) is 6.33. The van der Waals surface area contributed by atoms with Gasteiger partial charge in [-0.3, -0.25) is 0 Å². The lowest BCUT2D eigenvalue weighted by atomic mass is 9.65. The lowest BCUT2D eigenvalue weighted by molar-refractivity contribution is 0.190. The number of nitrogens with one attached hydrogen (secondary N) is 1. The summed E-state index contributed by atoms with van der Waals surface area (Å²) in [6.07, 6.45) is 15.4. The second kappa shape index (κ2) is 4.59. The number of carbonyl (C=O) groups is 1. The maximum Gasteiger partial charge on any atom is 0.318 e. The van der Waals surface area contributed by atoms with Crippen molar-refractivity contribution in [3.8, 4) is 0 Å². The van der Waals surface area contributed by atoms with Crippen molar-refractivity contribution in [3.05, 3.63) is 34.7 Å². The number of carbonyl (C=O) groups excluding carboxylic acids is 1. The van der Waals surface area contributed by atoms with Crippen molar-refractivity contribution >= 4 is 17.8 Å². The van der Waals surface area contributed by atoms with E-state index in [-0.39, 0.29) is 16.3 Å². The molecular weight excluding hydrogens is 306 g/mol. The zero-order chi connectivity index (χ0) is 15.7. The molecule has 1 aliphatic carbocycles. The molecule has 0 bridgehead atoms. The van der Waals surface area contributed by atoms with Crippen molar-refractivity contribution in [2.45, 2.75) is 49.8 Å². The van der Waals surface area contributed by atoms with Crippen molar-refractivity contribution in [2.75, 3.05) is 13.6 Å². The van der Waals surface area contributed by atoms with Crippen LogP contribution >= 0.6 is 11.8 Å². The average molecular weight is 329 g/mol. The lowest BCUT2D eigenvalue weighted by Crippen LogP contribution is -2.42. The number of hydrogen-bond acceptors (Lipinski definition) is 3. The Balaban J connectivity index is 1.67. The molecule has 2 unspecified atom stereocenters. The highest BCUT2D eigenvalue weighted by molar-refractivity contribution is 8.04. The summed E-state index contributed by atoms with van der Waals surface area (Å²) in [6.45, 7) is 0.772. The maximum absolute atomic E-state index is 12.1. The summed E-state index contributed by atoms with van der Waals surface area (Å²) in [5.41, 5.74) is 3.31. The van der Waals surface area contributed by atoms with E-state index in [2.05, 4.69) is 28.7 Å². The zero-order valence-electron chi connectivity index (χ0n) is 13.6. The first-order chi connectivity index (χ1) is 11.1. The highest BCUT2D eigenvalue weighted by Gasteiger charge is 2.61. The van der Waals surface area contributed by atoms with Crippen LogP contribution in [0.15, 0.2) is 34.7 Å². The number of fused-ring (bicyclic) bond motifs is 1. The van der Waals surface area contributed by atoms with Crippen molar-refractivity contribution in [3.63, 3.8) is 0 Å². The number of thioether (sulfide) groups is 1. The number of hydrogen-bond donors (Lipinski definition) is 1. The van der Waals surface area contributed by atoms with Crippen LogP contribution in [0.1, 0.15) is 44.9 Å². The minimum atomic E-state index is -0.0903. The van der Waals surface area contributed by atoms with E-state index in [1.54, 1.807) is 10.5 Å². The SMILES string of the molecule is CN1C(=O)NCC12CC13CCCCC1=CN1C=CCCC1=C3S2. The Morgan fingerprint density at radius 1 is 1.30 bits per heavy atom. The van der Waals surface area contributed by atoms with Gasteiger partial charge in [0.2, 0.25) is 0 Å². The van der Waals surface area contributed by atoms with E-state index in [1.165, 1.54) is 31.4 Å². The van der Waals surface area contributed by atoms with Crippen molar-refractivity contribution in [2.24, 2.45) is 5.41 Å². The molecule has 3 fully saturated rings. The molecule has 122 valence electrons. The highest BCUT2D eigenvalue weighted by Crippen LogP contribution is 2.68. The van der Waals surface area contributed by atoms with Crippen LogP contribution in [0.4, 0.5) is 4.79 Å². The van der Waals surface area contributed by atoms with Gasteiger partial charge in [0, 0.05) is 35.5 Å². The average Bonchev–Trinajstić information content (AvgIpc) is 3.05. The van der Waals surface area contributed by atoms with E-state index in [4.69, 9.17) is 0 Å². The second-order valence-corrected chi connectivity index (χ2v) is 8.87. The molecule has 2 saturated heterocycles. The summed E-state index contributed by atoms with van der Waals surface area (Å²) >= 11 is 1.98. The Morgan fingerprint density at radius 2 is 2.22 bits per heavy atom. The molecule has 2 amide bonds. The van der Waals surface area contributed by atoms with Crippen LogP contribution < -0.4 is 5.32 Å². The largest absolute Gasteiger partial charge is 0.335 e. The molecular formula is C18H23N3OS. The topological polar surface area (TPSA) is 35.6 Å². The van der Waals surface area contributed by atoms with E-state index in [1.807, 2.05) is 23.7 Å². The molecule has 4 heterocycles.